The number of H-pyrrole nitrogens is 1. The molecule has 4 N–H and O–H groups in total. The third-order valence-electron chi connectivity index (χ3n) is 2.61. The number of nitrogens with one attached hydrogen (secondary N) is 2. The fourth-order valence-electron chi connectivity index (χ4n) is 1.68. The Morgan fingerprint density at radius 1 is 1.42 bits per heavy atom. The van der Waals surface area contributed by atoms with Gasteiger partial charge in [-0.1, -0.05) is 0 Å². The lowest BCUT2D eigenvalue weighted by molar-refractivity contribution is 0.465. The molecule has 98 valence electrons. The molecule has 4 nitrogen and oxygen atoms in total. The van der Waals surface area contributed by atoms with Crippen molar-refractivity contribution in [2.45, 2.75) is 6.92 Å². The zero-order chi connectivity index (χ0) is 13.8. The van der Waals surface area contributed by atoms with E-state index in [1.165, 1.54) is 18.2 Å². The molecule has 0 aliphatic heterocycles. The summed E-state index contributed by atoms with van der Waals surface area (Å²) >= 11 is 0. The molecule has 0 radical (unpaired) electrons. The van der Waals surface area contributed by atoms with Crippen LogP contribution >= 0.6 is 0 Å². The summed E-state index contributed by atoms with van der Waals surface area (Å²) in [4.78, 5) is 3.00. The van der Waals surface area contributed by atoms with Crippen molar-refractivity contribution in [3.63, 3.8) is 0 Å². The van der Waals surface area contributed by atoms with Crippen LogP contribution in [0.2, 0.25) is 0 Å². The number of halogens is 1. The zero-order valence-corrected chi connectivity index (χ0v) is 10.4. The number of aryl methyl sites for hydroxylation is 1. The first kappa shape index (κ1) is 12.9. The fraction of sp³-hybridized carbons (Fsp3) is 0.0714. The van der Waals surface area contributed by atoms with Gasteiger partial charge in [-0.05, 0) is 30.7 Å². The number of aromatic nitrogens is 1. The maximum atomic E-state index is 13.7. The van der Waals surface area contributed by atoms with Gasteiger partial charge in [-0.15, -0.1) is 0 Å². The minimum atomic E-state index is -0.542. The van der Waals surface area contributed by atoms with Crippen LogP contribution in [0.1, 0.15) is 11.3 Å². The number of ether oxygens (including phenoxy) is 1. The third kappa shape index (κ3) is 2.82. The van der Waals surface area contributed by atoms with Crippen LogP contribution in [0.15, 0.2) is 36.5 Å². The second-order valence-corrected chi connectivity index (χ2v) is 4.03. The molecule has 0 atom stereocenters. The molecule has 0 aliphatic carbocycles. The summed E-state index contributed by atoms with van der Waals surface area (Å²) in [6.07, 6.45) is 4.30. The second-order valence-electron chi connectivity index (χ2n) is 4.03. The van der Waals surface area contributed by atoms with Crippen molar-refractivity contribution in [3.05, 3.63) is 53.6 Å². The Labute approximate surface area is 110 Å². The highest BCUT2D eigenvalue weighted by Gasteiger charge is 2.11. The number of allylic oxidation sites excluding steroid dienone is 1. The molecule has 0 saturated carbocycles. The number of benzene rings is 1. The molecule has 0 bridgehead atoms. The normalized spacial score (nSPS) is 11.4. The minimum Gasteiger partial charge on any atom is -0.452 e. The molecule has 0 unspecified atom stereocenters. The number of anilines is 1. The van der Waals surface area contributed by atoms with Crippen LogP contribution in [-0.4, -0.2) is 11.2 Å². The standard InChI is InChI=1S/C14H14FN3O/c1-9-5-7-18-14(9)13(4-6-16)19-12-3-2-10(17)8-11(12)15/h2-8,16,18H,17H2,1H3/b13-4+,16-6?. The molecule has 2 rings (SSSR count). The molecule has 0 aliphatic rings. The second kappa shape index (κ2) is 5.39. The lowest BCUT2D eigenvalue weighted by atomic mass is 10.2. The number of hydrogen-bond donors (Lipinski definition) is 3. The number of hydrogen-bond acceptors (Lipinski definition) is 3. The van der Waals surface area contributed by atoms with Gasteiger partial charge in [0, 0.05) is 30.2 Å². The van der Waals surface area contributed by atoms with Gasteiger partial charge < -0.3 is 20.9 Å². The molecule has 1 aromatic carbocycles. The van der Waals surface area contributed by atoms with Gasteiger partial charge in [0.1, 0.15) is 0 Å². The first-order chi connectivity index (χ1) is 9.11. The highest BCUT2D eigenvalue weighted by atomic mass is 19.1. The molecule has 0 fully saturated rings. The smallest absolute Gasteiger partial charge is 0.167 e. The van der Waals surface area contributed by atoms with Crippen molar-refractivity contribution in [2.24, 2.45) is 0 Å². The number of aromatic amines is 1. The molecule has 0 amide bonds. The van der Waals surface area contributed by atoms with Gasteiger partial charge in [0.25, 0.3) is 0 Å². The average molecular weight is 259 g/mol. The summed E-state index contributed by atoms with van der Waals surface area (Å²) in [5.74, 6) is -0.0995. The van der Waals surface area contributed by atoms with Crippen molar-refractivity contribution >= 4 is 17.7 Å². The Kier molecular flexibility index (Phi) is 3.66. The van der Waals surface area contributed by atoms with Gasteiger partial charge in [0.2, 0.25) is 0 Å². The predicted molar refractivity (Wildman–Crippen MR) is 73.7 cm³/mol. The average Bonchev–Trinajstić information content (AvgIpc) is 2.78. The van der Waals surface area contributed by atoms with Crippen molar-refractivity contribution < 1.29 is 9.13 Å². The van der Waals surface area contributed by atoms with Crippen LogP contribution in [0, 0.1) is 18.2 Å². The highest BCUT2D eigenvalue weighted by molar-refractivity contribution is 5.80. The van der Waals surface area contributed by atoms with Crippen LogP contribution in [0.5, 0.6) is 5.75 Å². The molecular formula is C14H14FN3O. The molecule has 0 saturated heterocycles. The van der Waals surface area contributed by atoms with Gasteiger partial charge in [0.15, 0.2) is 17.3 Å². The number of rotatable bonds is 4. The van der Waals surface area contributed by atoms with Crippen LogP contribution in [0.4, 0.5) is 10.1 Å². The molecule has 0 spiro atoms. The topological polar surface area (TPSA) is 74.9 Å². The SMILES string of the molecule is Cc1cc[nH]c1/C(=C\C=N)Oc1ccc(N)cc1F. The van der Waals surface area contributed by atoms with Crippen molar-refractivity contribution in [1.82, 2.24) is 4.98 Å². The van der Waals surface area contributed by atoms with Gasteiger partial charge in [-0.25, -0.2) is 4.39 Å². The number of nitrogens with two attached hydrogens (primary N) is 1. The van der Waals surface area contributed by atoms with Crippen LogP contribution in [0.3, 0.4) is 0 Å². The molecular weight excluding hydrogens is 245 g/mol. The van der Waals surface area contributed by atoms with Gasteiger partial charge in [-0.2, -0.15) is 0 Å². The lowest BCUT2D eigenvalue weighted by Gasteiger charge is -2.10. The van der Waals surface area contributed by atoms with Gasteiger partial charge in [-0.3, -0.25) is 0 Å². The first-order valence-corrected chi connectivity index (χ1v) is 5.70. The van der Waals surface area contributed by atoms with E-state index in [1.54, 1.807) is 12.3 Å². The minimum absolute atomic E-state index is 0.0660. The Balaban J connectivity index is 2.35. The Hall–Kier alpha value is -2.56. The first-order valence-electron chi connectivity index (χ1n) is 5.70. The maximum Gasteiger partial charge on any atom is 0.167 e. The highest BCUT2D eigenvalue weighted by Crippen LogP contribution is 2.26. The van der Waals surface area contributed by atoms with Crippen LogP contribution in [0.25, 0.3) is 5.76 Å². The van der Waals surface area contributed by atoms with Crippen molar-refractivity contribution in [3.8, 4) is 5.75 Å². The van der Waals surface area contributed by atoms with E-state index in [1.807, 2.05) is 13.0 Å². The van der Waals surface area contributed by atoms with E-state index >= 15 is 0 Å². The van der Waals surface area contributed by atoms with E-state index in [9.17, 15) is 4.39 Å². The van der Waals surface area contributed by atoms with Crippen molar-refractivity contribution in [2.75, 3.05) is 5.73 Å². The maximum absolute atomic E-state index is 13.7. The Bertz CT molecular complexity index is 631. The van der Waals surface area contributed by atoms with E-state index in [4.69, 9.17) is 15.9 Å². The third-order valence-corrected chi connectivity index (χ3v) is 2.61. The summed E-state index contributed by atoms with van der Waals surface area (Å²) < 4.78 is 19.2. The monoisotopic (exact) mass is 259 g/mol. The summed E-state index contributed by atoms with van der Waals surface area (Å²) in [6.45, 7) is 1.90. The van der Waals surface area contributed by atoms with Gasteiger partial charge >= 0.3 is 0 Å². The summed E-state index contributed by atoms with van der Waals surface area (Å²) in [6, 6.07) is 6.08. The van der Waals surface area contributed by atoms with E-state index in [2.05, 4.69) is 4.98 Å². The Morgan fingerprint density at radius 2 is 2.21 bits per heavy atom. The van der Waals surface area contributed by atoms with E-state index in [-0.39, 0.29) is 5.75 Å². The van der Waals surface area contributed by atoms with Gasteiger partial charge in [0.05, 0.1) is 5.69 Å². The Morgan fingerprint density at radius 3 is 2.79 bits per heavy atom. The van der Waals surface area contributed by atoms with E-state index < -0.39 is 5.82 Å². The fourth-order valence-corrected chi connectivity index (χ4v) is 1.68. The molecule has 2 aromatic rings. The molecule has 5 heteroatoms. The van der Waals surface area contributed by atoms with Crippen LogP contribution < -0.4 is 10.5 Å². The lowest BCUT2D eigenvalue weighted by Crippen LogP contribution is -2.00. The summed E-state index contributed by atoms with van der Waals surface area (Å²) in [5.41, 5.74) is 7.47. The van der Waals surface area contributed by atoms with Crippen LogP contribution in [-0.2, 0) is 0 Å². The quantitative estimate of drug-likeness (QED) is 0.448. The van der Waals surface area contributed by atoms with E-state index in [0.717, 1.165) is 11.8 Å². The van der Waals surface area contributed by atoms with Crippen molar-refractivity contribution in [1.29, 1.82) is 5.41 Å². The summed E-state index contributed by atoms with van der Waals surface area (Å²) in [7, 11) is 0. The molecule has 1 heterocycles. The largest absolute Gasteiger partial charge is 0.452 e. The predicted octanol–water partition coefficient (Wildman–Crippen LogP) is 3.11. The molecule has 1 aromatic heterocycles. The summed E-state index contributed by atoms with van der Waals surface area (Å²) in [5, 5.41) is 7.15. The molecule has 19 heavy (non-hydrogen) atoms. The van der Waals surface area contributed by atoms with E-state index in [0.29, 0.717) is 17.1 Å². The number of nitrogen functional groups attached to an aromatic ring is 1. The zero-order valence-electron chi connectivity index (χ0n) is 10.4.